The monoisotopic (exact) mass is 306 g/mol. The van der Waals surface area contributed by atoms with Crippen LogP contribution >= 0.6 is 0 Å². The number of amides is 1. The van der Waals surface area contributed by atoms with Crippen molar-refractivity contribution in [2.24, 2.45) is 0 Å². The zero-order chi connectivity index (χ0) is 15.4. The lowest BCUT2D eigenvalue weighted by molar-refractivity contribution is -0.112. The van der Waals surface area contributed by atoms with Crippen molar-refractivity contribution < 1.29 is 13.2 Å². The van der Waals surface area contributed by atoms with E-state index in [-0.39, 0.29) is 16.8 Å². The summed E-state index contributed by atoms with van der Waals surface area (Å²) in [6.07, 6.45) is 1.79. The topological polar surface area (TPSA) is 66.5 Å². The predicted octanol–water partition coefficient (Wildman–Crippen LogP) is 1.90. The van der Waals surface area contributed by atoms with Gasteiger partial charge in [-0.25, -0.2) is 13.1 Å². The molecule has 0 radical (unpaired) electrons. The lowest BCUT2D eigenvalue weighted by atomic mass is 10.0. The second-order valence-corrected chi connectivity index (χ2v) is 7.53. The molecule has 0 unspecified atom stereocenters. The molecule has 0 spiro atoms. The number of hydrogen-bond acceptors (Lipinski definition) is 3. The maximum Gasteiger partial charge on any atom is 0.258 e. The molecule has 1 aliphatic carbocycles. The van der Waals surface area contributed by atoms with Crippen molar-refractivity contribution in [1.82, 2.24) is 4.72 Å². The van der Waals surface area contributed by atoms with Gasteiger partial charge >= 0.3 is 0 Å². The van der Waals surface area contributed by atoms with Gasteiger partial charge in [0.15, 0.2) is 0 Å². The van der Waals surface area contributed by atoms with E-state index in [0.717, 1.165) is 24.1 Å². The number of fused-ring (bicyclic) bond motifs is 1. The number of likely N-dealkylation sites (N-methyl/N-ethyl adjacent to an activating group) is 1. The zero-order valence-corrected chi connectivity index (χ0v) is 13.1. The molecule has 2 aliphatic rings. The van der Waals surface area contributed by atoms with Crippen molar-refractivity contribution in [3.63, 3.8) is 0 Å². The van der Waals surface area contributed by atoms with Gasteiger partial charge in [-0.05, 0) is 44.9 Å². The highest BCUT2D eigenvalue weighted by molar-refractivity contribution is 7.89. The molecule has 0 bridgehead atoms. The summed E-state index contributed by atoms with van der Waals surface area (Å²) in [7, 11) is -1.80. The average molecular weight is 306 g/mol. The Hall–Kier alpha value is -1.66. The highest BCUT2D eigenvalue weighted by Crippen LogP contribution is 2.38. The summed E-state index contributed by atoms with van der Waals surface area (Å²) >= 11 is 0. The first-order valence-corrected chi connectivity index (χ1v) is 8.42. The number of carbonyl (C=O) groups excluding carboxylic acids is 1. The predicted molar refractivity (Wildman–Crippen MR) is 81.5 cm³/mol. The number of rotatable bonds is 3. The Labute approximate surface area is 124 Å². The molecule has 0 atom stereocenters. The lowest BCUT2D eigenvalue weighted by Crippen LogP contribution is -2.25. The molecule has 5 nitrogen and oxygen atoms in total. The van der Waals surface area contributed by atoms with Crippen molar-refractivity contribution in [1.29, 1.82) is 0 Å². The van der Waals surface area contributed by atoms with Gasteiger partial charge in [0.2, 0.25) is 10.0 Å². The Bertz CT molecular complexity index is 757. The number of hydrogen-bond donors (Lipinski definition) is 1. The summed E-state index contributed by atoms with van der Waals surface area (Å²) in [4.78, 5) is 14.0. The fourth-order valence-electron chi connectivity index (χ4n) is 2.54. The number of benzene rings is 1. The van der Waals surface area contributed by atoms with Gasteiger partial charge in [0.05, 0.1) is 10.6 Å². The smallest absolute Gasteiger partial charge is 0.258 e. The van der Waals surface area contributed by atoms with E-state index in [0.29, 0.717) is 11.1 Å². The van der Waals surface area contributed by atoms with Crippen LogP contribution in [0.1, 0.15) is 32.3 Å². The van der Waals surface area contributed by atoms with Crippen LogP contribution in [0.3, 0.4) is 0 Å². The molecular weight excluding hydrogens is 288 g/mol. The maximum atomic E-state index is 12.3. The Morgan fingerprint density at radius 2 is 1.95 bits per heavy atom. The molecule has 1 amide bonds. The molecule has 0 aromatic heterocycles. The second kappa shape index (κ2) is 4.68. The summed E-state index contributed by atoms with van der Waals surface area (Å²) in [5, 5.41) is 0. The summed E-state index contributed by atoms with van der Waals surface area (Å²) in [5.74, 6) is -0.0882. The number of anilines is 1. The highest BCUT2D eigenvalue weighted by Gasteiger charge is 2.33. The van der Waals surface area contributed by atoms with Crippen LogP contribution in [0.5, 0.6) is 0 Å². The molecular formula is C15H18N2O3S. The van der Waals surface area contributed by atoms with Crippen LogP contribution in [0.25, 0.3) is 5.57 Å². The van der Waals surface area contributed by atoms with Gasteiger partial charge in [0.25, 0.3) is 5.91 Å². The number of carbonyl (C=O) groups is 1. The van der Waals surface area contributed by atoms with E-state index in [1.54, 1.807) is 30.1 Å². The molecule has 1 saturated carbocycles. The second-order valence-electron chi connectivity index (χ2n) is 5.81. The van der Waals surface area contributed by atoms with Gasteiger partial charge in [-0.1, -0.05) is 5.57 Å². The molecule has 0 saturated heterocycles. The third-order valence-electron chi connectivity index (χ3n) is 3.83. The fourth-order valence-corrected chi connectivity index (χ4v) is 3.87. The number of sulfonamides is 1. The zero-order valence-electron chi connectivity index (χ0n) is 12.3. The van der Waals surface area contributed by atoms with Crippen molar-refractivity contribution >= 4 is 27.2 Å². The van der Waals surface area contributed by atoms with E-state index >= 15 is 0 Å². The van der Waals surface area contributed by atoms with Crippen LogP contribution in [0, 0.1) is 0 Å². The van der Waals surface area contributed by atoms with Crippen molar-refractivity contribution in [2.45, 2.75) is 37.6 Å². The molecule has 1 N–H and O–H groups in total. The van der Waals surface area contributed by atoms with E-state index < -0.39 is 10.0 Å². The minimum Gasteiger partial charge on any atom is -0.311 e. The van der Waals surface area contributed by atoms with Crippen LogP contribution in [0.4, 0.5) is 5.69 Å². The van der Waals surface area contributed by atoms with Gasteiger partial charge in [-0.2, -0.15) is 0 Å². The molecule has 1 aromatic rings. The SMILES string of the molecule is CC(C)=C1C(=O)N(C)c2ccc(S(=O)(=O)NC3CC3)cc21. The van der Waals surface area contributed by atoms with Gasteiger partial charge in [0.1, 0.15) is 0 Å². The first kappa shape index (κ1) is 14.3. The number of allylic oxidation sites excluding steroid dienone is 1. The van der Waals surface area contributed by atoms with E-state index in [9.17, 15) is 13.2 Å². The lowest BCUT2D eigenvalue weighted by Gasteiger charge is -2.10. The van der Waals surface area contributed by atoms with Crippen LogP contribution in [0.2, 0.25) is 0 Å². The van der Waals surface area contributed by atoms with Crippen LogP contribution < -0.4 is 9.62 Å². The molecule has 3 rings (SSSR count). The summed E-state index contributed by atoms with van der Waals surface area (Å²) < 4.78 is 27.3. The largest absolute Gasteiger partial charge is 0.311 e. The van der Waals surface area contributed by atoms with Crippen molar-refractivity contribution in [3.05, 3.63) is 29.3 Å². The summed E-state index contributed by atoms with van der Waals surface area (Å²) in [5.41, 5.74) is 2.93. The first-order valence-electron chi connectivity index (χ1n) is 6.93. The molecule has 1 heterocycles. The van der Waals surface area contributed by atoms with Crippen molar-refractivity contribution in [2.75, 3.05) is 11.9 Å². The van der Waals surface area contributed by atoms with Crippen LogP contribution in [-0.2, 0) is 14.8 Å². The van der Waals surface area contributed by atoms with Gasteiger partial charge < -0.3 is 4.90 Å². The van der Waals surface area contributed by atoms with Crippen molar-refractivity contribution in [3.8, 4) is 0 Å². The Balaban J connectivity index is 2.10. The van der Waals surface area contributed by atoms with E-state index in [1.165, 1.54) is 0 Å². The van der Waals surface area contributed by atoms with Gasteiger partial charge in [-0.3, -0.25) is 4.79 Å². The van der Waals surface area contributed by atoms with E-state index in [4.69, 9.17) is 0 Å². The van der Waals surface area contributed by atoms with Gasteiger partial charge in [0, 0.05) is 24.2 Å². The van der Waals surface area contributed by atoms with E-state index in [1.807, 2.05) is 13.8 Å². The number of nitrogens with one attached hydrogen (secondary N) is 1. The summed E-state index contributed by atoms with van der Waals surface area (Å²) in [6, 6.07) is 4.92. The molecule has 1 aromatic carbocycles. The molecule has 1 fully saturated rings. The van der Waals surface area contributed by atoms with Crippen LogP contribution in [0.15, 0.2) is 28.7 Å². The molecule has 6 heteroatoms. The first-order chi connectivity index (χ1) is 9.81. The number of nitrogens with zero attached hydrogens (tertiary/aromatic N) is 1. The van der Waals surface area contributed by atoms with Crippen LogP contribution in [-0.4, -0.2) is 27.4 Å². The van der Waals surface area contributed by atoms with E-state index in [2.05, 4.69) is 4.72 Å². The quantitative estimate of drug-likeness (QED) is 0.867. The standard InChI is InChI=1S/C15H18N2O3S/c1-9(2)14-12-8-11(21(19,20)16-10-4-5-10)6-7-13(12)17(3)15(14)18/h6-8,10,16H,4-5H2,1-3H3. The maximum absolute atomic E-state index is 12.3. The highest BCUT2D eigenvalue weighted by atomic mass is 32.2. The Morgan fingerprint density at radius 1 is 1.29 bits per heavy atom. The Kier molecular flexibility index (Phi) is 3.18. The third-order valence-corrected chi connectivity index (χ3v) is 5.34. The molecule has 21 heavy (non-hydrogen) atoms. The normalized spacial score (nSPS) is 18.1. The van der Waals surface area contributed by atoms with Gasteiger partial charge in [-0.15, -0.1) is 0 Å². The fraction of sp³-hybridized carbons (Fsp3) is 0.400. The molecule has 112 valence electrons. The average Bonchev–Trinajstić information content (AvgIpc) is 3.16. The third kappa shape index (κ3) is 2.38. The minimum atomic E-state index is -3.51. The summed E-state index contributed by atoms with van der Waals surface area (Å²) in [6.45, 7) is 3.72. The minimum absolute atomic E-state index is 0.0653. The Morgan fingerprint density at radius 3 is 2.52 bits per heavy atom. The molecule has 1 aliphatic heterocycles.